The van der Waals surface area contributed by atoms with Gasteiger partial charge in [-0.25, -0.2) is 4.57 Å². The Kier molecular flexibility index (Phi) is 21.1. The highest BCUT2D eigenvalue weighted by Gasteiger charge is 2.27. The Bertz CT molecular complexity index is 625. The zero-order valence-corrected chi connectivity index (χ0v) is 22.2. The number of carbonyl (C=O) groups excluding carboxylic acids is 2. The number of aliphatic hydroxyl groups excluding tert-OH is 2. The molecular formula is C24H45O10P. The van der Waals surface area contributed by atoms with Crippen LogP contribution in [0.25, 0.3) is 0 Å². The Balaban J connectivity index is 4.06. The Labute approximate surface area is 209 Å². The molecule has 11 heteroatoms. The summed E-state index contributed by atoms with van der Waals surface area (Å²) in [5, 5.41) is 18.6. The van der Waals surface area contributed by atoms with E-state index in [1.54, 1.807) is 6.92 Å². The molecule has 0 heterocycles. The maximum Gasteiger partial charge on any atom is 0.472 e. The van der Waals surface area contributed by atoms with Gasteiger partial charge in [0.15, 0.2) is 0 Å². The predicted octanol–water partition coefficient (Wildman–Crippen LogP) is 4.21. The van der Waals surface area contributed by atoms with Gasteiger partial charge < -0.3 is 24.6 Å². The lowest BCUT2D eigenvalue weighted by atomic mass is 10.1. The Morgan fingerprint density at radius 2 is 1.23 bits per heavy atom. The van der Waals surface area contributed by atoms with Gasteiger partial charge in [-0.05, 0) is 32.1 Å². The number of esters is 2. The maximum atomic E-state index is 12.0. The Hall–Kier alpha value is -1.29. The minimum atomic E-state index is -4.59. The molecule has 10 nitrogen and oxygen atoms in total. The number of aliphatic hydroxyl groups is 2. The van der Waals surface area contributed by atoms with E-state index in [1.807, 2.05) is 0 Å². The summed E-state index contributed by atoms with van der Waals surface area (Å²) < 4.78 is 31.5. The smallest absolute Gasteiger partial charge is 0.457 e. The molecule has 0 rings (SSSR count). The van der Waals surface area contributed by atoms with E-state index in [4.69, 9.17) is 18.5 Å². The van der Waals surface area contributed by atoms with Gasteiger partial charge in [-0.1, -0.05) is 58.1 Å². The fourth-order valence-corrected chi connectivity index (χ4v) is 3.74. The van der Waals surface area contributed by atoms with Crippen molar-refractivity contribution in [2.24, 2.45) is 0 Å². The van der Waals surface area contributed by atoms with Gasteiger partial charge in [-0.15, -0.1) is 0 Å². The van der Waals surface area contributed by atoms with Crippen molar-refractivity contribution in [2.45, 2.75) is 103 Å². The van der Waals surface area contributed by atoms with Crippen LogP contribution in [0.3, 0.4) is 0 Å². The molecule has 0 aromatic heterocycles. The zero-order chi connectivity index (χ0) is 26.4. The molecule has 0 aliphatic rings. The van der Waals surface area contributed by atoms with E-state index in [-0.39, 0.29) is 12.8 Å². The lowest BCUT2D eigenvalue weighted by Gasteiger charge is -2.20. The van der Waals surface area contributed by atoms with Crippen LogP contribution < -0.4 is 0 Å². The van der Waals surface area contributed by atoms with Crippen LogP contribution in [0.15, 0.2) is 12.2 Å². The van der Waals surface area contributed by atoms with Crippen LogP contribution in [0.5, 0.6) is 0 Å². The van der Waals surface area contributed by atoms with Crippen molar-refractivity contribution in [3.8, 4) is 0 Å². The van der Waals surface area contributed by atoms with E-state index in [1.165, 1.54) is 12.8 Å². The number of hydrogen-bond donors (Lipinski definition) is 3. The van der Waals surface area contributed by atoms with Crippen LogP contribution in [0.1, 0.15) is 90.9 Å². The molecule has 0 bridgehead atoms. The standard InChI is InChI=1S/C24H45O10P/c1-3-5-6-7-8-9-10-11-12-13-14-16-24(28)34-22(18-26)20-32-35(29,30)31-19-21(17-25)33-23(27)15-4-2/h7-8,21-22,25-26H,3-6,9-20H2,1-2H3,(H,29,30)/b8-7-. The predicted molar refractivity (Wildman–Crippen MR) is 132 cm³/mol. The van der Waals surface area contributed by atoms with Gasteiger partial charge in [0.05, 0.1) is 26.4 Å². The van der Waals surface area contributed by atoms with Gasteiger partial charge >= 0.3 is 19.8 Å². The monoisotopic (exact) mass is 524 g/mol. The Morgan fingerprint density at radius 1 is 0.743 bits per heavy atom. The SMILES string of the molecule is CCCC/C=C\CCCCCCCC(=O)OC(CO)COP(=O)(O)OCC(CO)OC(=O)CCC. The van der Waals surface area contributed by atoms with E-state index >= 15 is 0 Å². The normalized spacial score (nSPS) is 15.0. The maximum absolute atomic E-state index is 12.0. The van der Waals surface area contributed by atoms with Crippen molar-refractivity contribution in [3.05, 3.63) is 12.2 Å². The van der Waals surface area contributed by atoms with Gasteiger partial charge in [0.25, 0.3) is 0 Å². The van der Waals surface area contributed by atoms with Gasteiger partial charge in [-0.3, -0.25) is 18.6 Å². The second-order valence-electron chi connectivity index (χ2n) is 8.32. The molecule has 3 atom stereocenters. The average Bonchev–Trinajstić information content (AvgIpc) is 2.83. The minimum Gasteiger partial charge on any atom is -0.457 e. The molecule has 0 saturated heterocycles. The zero-order valence-electron chi connectivity index (χ0n) is 21.3. The molecule has 0 aromatic rings. The first-order chi connectivity index (χ1) is 16.8. The number of phosphoric acid groups is 1. The van der Waals surface area contributed by atoms with Crippen molar-refractivity contribution >= 4 is 19.8 Å². The summed E-state index contributed by atoms with van der Waals surface area (Å²) >= 11 is 0. The quantitative estimate of drug-likeness (QED) is 0.0768. The van der Waals surface area contributed by atoms with Crippen molar-refractivity contribution < 1.29 is 47.8 Å². The molecule has 0 spiro atoms. The fraction of sp³-hybridized carbons (Fsp3) is 0.833. The third kappa shape index (κ3) is 20.6. The van der Waals surface area contributed by atoms with Crippen molar-refractivity contribution in [1.29, 1.82) is 0 Å². The lowest BCUT2D eigenvalue weighted by Crippen LogP contribution is -2.28. The second kappa shape index (κ2) is 21.9. The molecule has 35 heavy (non-hydrogen) atoms. The van der Waals surface area contributed by atoms with Crippen molar-refractivity contribution in [3.63, 3.8) is 0 Å². The topological polar surface area (TPSA) is 149 Å². The lowest BCUT2D eigenvalue weighted by molar-refractivity contribution is -0.153. The summed E-state index contributed by atoms with van der Waals surface area (Å²) in [6.07, 6.45) is 12.6. The largest absolute Gasteiger partial charge is 0.472 e. The van der Waals surface area contributed by atoms with Crippen LogP contribution >= 0.6 is 7.82 Å². The number of carbonyl (C=O) groups is 2. The van der Waals surface area contributed by atoms with Gasteiger partial charge in [-0.2, -0.15) is 0 Å². The molecule has 0 radical (unpaired) electrons. The first kappa shape index (κ1) is 33.7. The molecule has 3 unspecified atom stereocenters. The summed E-state index contributed by atoms with van der Waals surface area (Å²) in [4.78, 5) is 33.2. The highest BCUT2D eigenvalue weighted by molar-refractivity contribution is 7.47. The molecule has 206 valence electrons. The van der Waals surface area contributed by atoms with Crippen LogP contribution in [0.4, 0.5) is 0 Å². The van der Waals surface area contributed by atoms with E-state index in [9.17, 15) is 29.3 Å². The van der Waals surface area contributed by atoms with Gasteiger partial charge in [0, 0.05) is 12.8 Å². The highest BCUT2D eigenvalue weighted by Crippen LogP contribution is 2.43. The second-order valence-corrected chi connectivity index (χ2v) is 9.77. The number of unbranched alkanes of at least 4 members (excludes halogenated alkanes) is 7. The number of hydrogen-bond acceptors (Lipinski definition) is 9. The number of allylic oxidation sites excluding steroid dienone is 2. The van der Waals surface area contributed by atoms with Gasteiger partial charge in [0.2, 0.25) is 0 Å². The third-order valence-corrected chi connectivity index (χ3v) is 5.90. The average molecular weight is 525 g/mol. The molecule has 0 amide bonds. The highest BCUT2D eigenvalue weighted by atomic mass is 31.2. The molecule has 0 fully saturated rings. The number of ether oxygens (including phenoxy) is 2. The first-order valence-corrected chi connectivity index (χ1v) is 14.1. The third-order valence-electron chi connectivity index (χ3n) is 4.95. The summed E-state index contributed by atoms with van der Waals surface area (Å²) in [6, 6.07) is 0. The number of phosphoric ester groups is 1. The summed E-state index contributed by atoms with van der Waals surface area (Å²) in [6.45, 7) is 1.66. The van der Waals surface area contributed by atoms with Crippen LogP contribution in [0, 0.1) is 0 Å². The number of rotatable bonds is 23. The van der Waals surface area contributed by atoms with Crippen LogP contribution in [-0.4, -0.2) is 65.7 Å². The minimum absolute atomic E-state index is 0.143. The van der Waals surface area contributed by atoms with Crippen molar-refractivity contribution in [1.82, 2.24) is 0 Å². The van der Waals surface area contributed by atoms with E-state index in [0.29, 0.717) is 12.8 Å². The van der Waals surface area contributed by atoms with Crippen LogP contribution in [-0.2, 0) is 32.7 Å². The van der Waals surface area contributed by atoms with Crippen LogP contribution in [0.2, 0.25) is 0 Å². The molecule has 0 aliphatic carbocycles. The van der Waals surface area contributed by atoms with E-state index in [2.05, 4.69) is 19.1 Å². The summed E-state index contributed by atoms with van der Waals surface area (Å²) in [5.74, 6) is -1.09. The molecule has 0 saturated carbocycles. The van der Waals surface area contributed by atoms with E-state index in [0.717, 1.165) is 38.5 Å². The fourth-order valence-electron chi connectivity index (χ4n) is 2.95. The molecule has 3 N–H and O–H groups in total. The molecule has 0 aromatic carbocycles. The van der Waals surface area contributed by atoms with Gasteiger partial charge in [0.1, 0.15) is 12.2 Å². The van der Waals surface area contributed by atoms with Crippen molar-refractivity contribution in [2.75, 3.05) is 26.4 Å². The Morgan fingerprint density at radius 3 is 1.74 bits per heavy atom. The first-order valence-electron chi connectivity index (χ1n) is 12.6. The van der Waals surface area contributed by atoms with E-state index < -0.39 is 58.4 Å². The summed E-state index contributed by atoms with van der Waals surface area (Å²) in [5.41, 5.74) is 0. The molecular weight excluding hydrogens is 479 g/mol. The molecule has 0 aliphatic heterocycles. The summed E-state index contributed by atoms with van der Waals surface area (Å²) in [7, 11) is -4.59.